The van der Waals surface area contributed by atoms with E-state index >= 15 is 4.39 Å². The molecule has 1 saturated heterocycles. The second-order valence-electron chi connectivity index (χ2n) is 12.2. The molecule has 2 N–H and O–H groups in total. The van der Waals surface area contributed by atoms with Crippen molar-refractivity contribution < 1.29 is 23.8 Å². The Kier molecular flexibility index (Phi) is 8.87. The minimum absolute atomic E-state index is 0.0256. The molecule has 232 valence electrons. The van der Waals surface area contributed by atoms with Crippen LogP contribution in [0, 0.1) is 5.82 Å². The van der Waals surface area contributed by atoms with Crippen LogP contribution in [-0.2, 0) is 6.54 Å². The van der Waals surface area contributed by atoms with Crippen LogP contribution in [-0.4, -0.2) is 65.1 Å². The number of β-amino-alcohol motifs (C(OH)–C–C–N with tert-alkyl or cyclic N) is 1. The SMILES string of the molecule is COc1c(N2CC(C)N(CC(C)(C)O)C(C)C2)c(F)cc2c(=O)c(OC(=O)NCc3ccc(Cl)cc3Cl)cn(C3CC3)c12. The summed E-state index contributed by atoms with van der Waals surface area (Å²) in [6, 6.07) is 6.22. The van der Waals surface area contributed by atoms with Crippen molar-refractivity contribution in [3.8, 4) is 11.5 Å². The summed E-state index contributed by atoms with van der Waals surface area (Å²) in [5, 5.41) is 13.9. The molecule has 2 aromatic carbocycles. The Morgan fingerprint density at radius 3 is 2.42 bits per heavy atom. The Bertz CT molecular complexity index is 1590. The number of anilines is 1. The van der Waals surface area contributed by atoms with Crippen molar-refractivity contribution in [2.45, 2.75) is 70.8 Å². The molecule has 1 amide bonds. The molecule has 1 saturated carbocycles. The molecule has 2 fully saturated rings. The highest BCUT2D eigenvalue weighted by Crippen LogP contribution is 2.45. The van der Waals surface area contributed by atoms with Crippen LogP contribution in [0.4, 0.5) is 14.9 Å². The fourth-order valence-electron chi connectivity index (χ4n) is 5.89. The number of amides is 1. The van der Waals surface area contributed by atoms with Crippen LogP contribution in [0.15, 0.2) is 35.3 Å². The molecule has 2 aliphatic rings. The summed E-state index contributed by atoms with van der Waals surface area (Å²) >= 11 is 12.1. The van der Waals surface area contributed by atoms with Crippen molar-refractivity contribution in [2.24, 2.45) is 0 Å². The van der Waals surface area contributed by atoms with E-state index in [2.05, 4.69) is 24.1 Å². The number of rotatable bonds is 8. The smallest absolute Gasteiger partial charge is 0.413 e. The van der Waals surface area contributed by atoms with E-state index < -0.39 is 22.9 Å². The predicted octanol–water partition coefficient (Wildman–Crippen LogP) is 5.75. The standard InChI is InChI=1S/C31H37Cl2FN4O5/c1-17-13-36(14-18(2)38(17)16-31(3,4)41)27-24(34)11-22-26(29(27)42-5)37(21-8-9-21)15-25(28(22)39)43-30(40)35-12-19-6-7-20(32)10-23(19)33/h6-7,10-11,15,17-18,21,41H,8-9,12-14,16H2,1-5H3,(H,35,40). The number of carbonyl (C=O) groups excluding carboxylic acids is 1. The highest BCUT2D eigenvalue weighted by atomic mass is 35.5. The van der Waals surface area contributed by atoms with Gasteiger partial charge in [0.25, 0.3) is 0 Å². The molecular formula is C31H37Cl2FN4O5. The van der Waals surface area contributed by atoms with Crippen LogP contribution in [0.25, 0.3) is 10.9 Å². The van der Waals surface area contributed by atoms with E-state index in [1.807, 2.05) is 9.47 Å². The van der Waals surface area contributed by atoms with E-state index in [1.165, 1.54) is 19.4 Å². The molecule has 0 radical (unpaired) electrons. The second-order valence-corrected chi connectivity index (χ2v) is 13.0. The summed E-state index contributed by atoms with van der Waals surface area (Å²) in [7, 11) is 1.47. The number of piperazine rings is 1. The lowest BCUT2D eigenvalue weighted by Gasteiger charge is -2.47. The first-order valence-electron chi connectivity index (χ1n) is 14.4. The van der Waals surface area contributed by atoms with Crippen LogP contribution in [0.5, 0.6) is 11.5 Å². The van der Waals surface area contributed by atoms with Crippen molar-refractivity contribution in [1.29, 1.82) is 0 Å². The van der Waals surface area contributed by atoms with Gasteiger partial charge in [0.1, 0.15) is 5.69 Å². The number of aliphatic hydroxyl groups is 1. The quantitative estimate of drug-likeness (QED) is 0.326. The molecule has 1 aliphatic heterocycles. The van der Waals surface area contributed by atoms with Gasteiger partial charge in [0.05, 0.1) is 29.8 Å². The lowest BCUT2D eigenvalue weighted by molar-refractivity contribution is 0.00235. The first kappa shape index (κ1) is 31.4. The summed E-state index contributed by atoms with van der Waals surface area (Å²) in [4.78, 5) is 30.5. The fraction of sp³-hybridized carbons (Fsp3) is 0.484. The zero-order valence-corrected chi connectivity index (χ0v) is 26.4. The molecular weight excluding hydrogens is 598 g/mol. The number of hydrogen-bond acceptors (Lipinski definition) is 7. The zero-order valence-electron chi connectivity index (χ0n) is 24.9. The highest BCUT2D eigenvalue weighted by molar-refractivity contribution is 6.35. The number of pyridine rings is 1. The molecule has 1 aliphatic carbocycles. The van der Waals surface area contributed by atoms with Gasteiger partial charge in [-0.1, -0.05) is 29.3 Å². The summed E-state index contributed by atoms with van der Waals surface area (Å²) in [5.41, 5.74) is -0.105. The van der Waals surface area contributed by atoms with Crippen LogP contribution in [0.2, 0.25) is 10.0 Å². The van der Waals surface area contributed by atoms with E-state index in [0.29, 0.717) is 40.8 Å². The van der Waals surface area contributed by atoms with Gasteiger partial charge in [0.15, 0.2) is 17.3 Å². The van der Waals surface area contributed by atoms with E-state index in [0.717, 1.165) is 12.8 Å². The summed E-state index contributed by atoms with van der Waals surface area (Å²) < 4.78 is 29.1. The molecule has 0 bridgehead atoms. The van der Waals surface area contributed by atoms with E-state index in [-0.39, 0.29) is 47.2 Å². The number of benzene rings is 2. The van der Waals surface area contributed by atoms with Gasteiger partial charge >= 0.3 is 6.09 Å². The maximum Gasteiger partial charge on any atom is 0.413 e. The van der Waals surface area contributed by atoms with E-state index in [1.54, 1.807) is 32.0 Å². The molecule has 43 heavy (non-hydrogen) atoms. The number of aromatic nitrogens is 1. The molecule has 12 heteroatoms. The van der Waals surface area contributed by atoms with Crippen LogP contribution >= 0.6 is 23.2 Å². The lowest BCUT2D eigenvalue weighted by atomic mass is 10.0. The topological polar surface area (TPSA) is 96.3 Å². The largest absolute Gasteiger partial charge is 0.492 e. The number of carbonyl (C=O) groups is 1. The molecule has 5 rings (SSSR count). The van der Waals surface area contributed by atoms with Gasteiger partial charge < -0.3 is 29.4 Å². The molecule has 9 nitrogen and oxygen atoms in total. The van der Waals surface area contributed by atoms with Crippen molar-refractivity contribution >= 4 is 45.9 Å². The predicted molar refractivity (Wildman–Crippen MR) is 166 cm³/mol. The van der Waals surface area contributed by atoms with Crippen LogP contribution in [0.3, 0.4) is 0 Å². The van der Waals surface area contributed by atoms with Gasteiger partial charge in [0.2, 0.25) is 5.43 Å². The monoisotopic (exact) mass is 634 g/mol. The minimum atomic E-state index is -0.865. The summed E-state index contributed by atoms with van der Waals surface area (Å²) in [6.45, 7) is 9.22. The normalized spacial score (nSPS) is 19.5. The van der Waals surface area contributed by atoms with Gasteiger partial charge in [-0.25, -0.2) is 9.18 Å². The third-order valence-electron chi connectivity index (χ3n) is 7.94. The van der Waals surface area contributed by atoms with Crippen molar-refractivity contribution in [3.63, 3.8) is 0 Å². The molecule has 2 heterocycles. The molecule has 1 aromatic heterocycles. The average Bonchev–Trinajstić information content (AvgIpc) is 3.76. The van der Waals surface area contributed by atoms with Gasteiger partial charge in [-0.2, -0.15) is 0 Å². The van der Waals surface area contributed by atoms with Crippen molar-refractivity contribution in [2.75, 3.05) is 31.6 Å². The average molecular weight is 636 g/mol. The number of nitrogens with one attached hydrogen (secondary N) is 1. The van der Waals surface area contributed by atoms with Crippen molar-refractivity contribution in [1.82, 2.24) is 14.8 Å². The Morgan fingerprint density at radius 1 is 1.16 bits per heavy atom. The number of methoxy groups -OCH3 is 1. The Hall–Kier alpha value is -3.05. The second kappa shape index (κ2) is 12.1. The number of hydrogen-bond donors (Lipinski definition) is 2. The van der Waals surface area contributed by atoms with E-state index in [4.69, 9.17) is 32.7 Å². The first-order chi connectivity index (χ1) is 20.3. The summed E-state index contributed by atoms with van der Waals surface area (Å²) in [5.74, 6) is -0.545. The Labute approximate surface area is 260 Å². The van der Waals surface area contributed by atoms with Crippen LogP contribution < -0.4 is 25.1 Å². The third kappa shape index (κ3) is 6.72. The van der Waals surface area contributed by atoms with Gasteiger partial charge in [-0.3, -0.25) is 9.69 Å². The first-order valence-corrected chi connectivity index (χ1v) is 15.1. The van der Waals surface area contributed by atoms with Gasteiger partial charge in [0, 0.05) is 54.3 Å². The molecule has 3 aromatic rings. The van der Waals surface area contributed by atoms with Crippen LogP contribution in [0.1, 0.15) is 52.1 Å². The Balaban J connectivity index is 1.47. The Morgan fingerprint density at radius 2 is 1.84 bits per heavy atom. The fourth-order valence-corrected chi connectivity index (χ4v) is 6.36. The van der Waals surface area contributed by atoms with Gasteiger partial charge in [-0.05, 0) is 64.3 Å². The van der Waals surface area contributed by atoms with E-state index in [9.17, 15) is 14.7 Å². The minimum Gasteiger partial charge on any atom is -0.492 e. The third-order valence-corrected chi connectivity index (χ3v) is 8.53. The molecule has 2 unspecified atom stereocenters. The number of ether oxygens (including phenoxy) is 2. The van der Waals surface area contributed by atoms with Crippen molar-refractivity contribution in [3.05, 3.63) is 62.1 Å². The number of halogens is 3. The lowest BCUT2D eigenvalue weighted by Crippen LogP contribution is -2.59. The number of nitrogens with zero attached hydrogens (tertiary/aromatic N) is 3. The maximum absolute atomic E-state index is 16.0. The summed E-state index contributed by atoms with van der Waals surface area (Å²) in [6.07, 6.45) is 2.38. The number of fused-ring (bicyclic) bond motifs is 1. The molecule has 0 spiro atoms. The molecule has 2 atom stereocenters. The highest BCUT2D eigenvalue weighted by Gasteiger charge is 2.36. The zero-order chi connectivity index (χ0) is 31.2. The maximum atomic E-state index is 16.0. The van der Waals surface area contributed by atoms with Gasteiger partial charge in [-0.15, -0.1) is 0 Å².